The van der Waals surface area contributed by atoms with Gasteiger partial charge < -0.3 is 25.3 Å². The molecular weight excluding hydrogens is 260 g/mol. The highest BCUT2D eigenvalue weighted by Crippen LogP contribution is 2.27. The quantitative estimate of drug-likeness (QED) is 0.600. The molecule has 2 rings (SSSR count). The Morgan fingerprint density at radius 3 is 2.85 bits per heavy atom. The third-order valence-electron chi connectivity index (χ3n) is 3.23. The third kappa shape index (κ3) is 2.67. The molecule has 1 aromatic heterocycles. The predicted octanol–water partition coefficient (Wildman–Crippen LogP) is 0.568. The zero-order valence-corrected chi connectivity index (χ0v) is 11.4. The Morgan fingerprint density at radius 1 is 1.45 bits per heavy atom. The number of nitrogens with one attached hydrogen (secondary N) is 2. The molecule has 2 aromatic rings. The second-order valence-corrected chi connectivity index (χ2v) is 4.57. The fourth-order valence-corrected chi connectivity index (χ4v) is 2.17. The summed E-state index contributed by atoms with van der Waals surface area (Å²) in [5.41, 5.74) is 1.73. The number of aliphatic hydroxyl groups excluding tert-OH is 2. The highest BCUT2D eigenvalue weighted by Gasteiger charge is 2.21. The van der Waals surface area contributed by atoms with Gasteiger partial charge in [-0.25, -0.2) is 4.79 Å². The SMILES string of the molecule is CNCC(O)C(O)c1c[nH]c2cc(C(=O)OC)ccc12. The Bertz CT molecular complexity index is 608. The van der Waals surface area contributed by atoms with Crippen molar-refractivity contribution in [2.75, 3.05) is 20.7 Å². The normalized spacial score (nSPS) is 14.2. The van der Waals surface area contributed by atoms with Crippen LogP contribution in [0.15, 0.2) is 24.4 Å². The monoisotopic (exact) mass is 278 g/mol. The van der Waals surface area contributed by atoms with E-state index in [-0.39, 0.29) is 6.54 Å². The Balaban J connectivity index is 2.35. The van der Waals surface area contributed by atoms with Crippen LogP contribution in [0.5, 0.6) is 0 Å². The molecule has 0 spiro atoms. The second kappa shape index (κ2) is 6.04. The number of carbonyl (C=O) groups is 1. The number of aliphatic hydroxyl groups is 2. The number of aromatic amines is 1. The number of methoxy groups -OCH3 is 1. The highest BCUT2D eigenvalue weighted by molar-refractivity contribution is 5.95. The average Bonchev–Trinajstić information content (AvgIpc) is 2.88. The minimum Gasteiger partial charge on any atom is -0.465 e. The molecule has 0 amide bonds. The minimum absolute atomic E-state index is 0.286. The van der Waals surface area contributed by atoms with Gasteiger partial charge in [-0.15, -0.1) is 0 Å². The number of aromatic nitrogens is 1. The molecule has 20 heavy (non-hydrogen) atoms. The highest BCUT2D eigenvalue weighted by atomic mass is 16.5. The van der Waals surface area contributed by atoms with E-state index in [0.29, 0.717) is 16.6 Å². The number of hydrogen-bond donors (Lipinski definition) is 4. The fourth-order valence-electron chi connectivity index (χ4n) is 2.17. The van der Waals surface area contributed by atoms with Crippen LogP contribution >= 0.6 is 0 Å². The lowest BCUT2D eigenvalue weighted by atomic mass is 10.0. The van der Waals surface area contributed by atoms with Crippen LogP contribution in [-0.4, -0.2) is 48.0 Å². The summed E-state index contributed by atoms with van der Waals surface area (Å²) >= 11 is 0. The van der Waals surface area contributed by atoms with Crippen LogP contribution in [0.3, 0.4) is 0 Å². The van der Waals surface area contributed by atoms with E-state index in [9.17, 15) is 15.0 Å². The summed E-state index contributed by atoms with van der Waals surface area (Å²) in [7, 11) is 3.03. The van der Waals surface area contributed by atoms with E-state index in [0.717, 1.165) is 5.39 Å². The largest absolute Gasteiger partial charge is 0.465 e. The molecule has 0 fully saturated rings. The van der Waals surface area contributed by atoms with E-state index < -0.39 is 18.2 Å². The van der Waals surface area contributed by atoms with Crippen molar-refractivity contribution < 1.29 is 19.7 Å². The number of likely N-dealkylation sites (N-methyl/N-ethyl adjacent to an activating group) is 1. The maximum absolute atomic E-state index is 11.5. The zero-order valence-electron chi connectivity index (χ0n) is 11.4. The Labute approximate surface area is 116 Å². The fraction of sp³-hybridized carbons (Fsp3) is 0.357. The van der Waals surface area contributed by atoms with Gasteiger partial charge in [0.25, 0.3) is 0 Å². The van der Waals surface area contributed by atoms with E-state index in [1.165, 1.54) is 7.11 Å². The molecule has 6 nitrogen and oxygen atoms in total. The molecule has 0 bridgehead atoms. The molecule has 0 aliphatic carbocycles. The average molecular weight is 278 g/mol. The number of benzene rings is 1. The van der Waals surface area contributed by atoms with Crippen molar-refractivity contribution in [2.24, 2.45) is 0 Å². The van der Waals surface area contributed by atoms with Crippen LogP contribution in [0.25, 0.3) is 10.9 Å². The molecule has 108 valence electrons. The Morgan fingerprint density at radius 2 is 2.20 bits per heavy atom. The van der Waals surface area contributed by atoms with Gasteiger partial charge in [-0.2, -0.15) is 0 Å². The van der Waals surface area contributed by atoms with Gasteiger partial charge in [0.05, 0.1) is 18.8 Å². The predicted molar refractivity (Wildman–Crippen MR) is 74.5 cm³/mol. The maximum Gasteiger partial charge on any atom is 0.337 e. The molecule has 0 aliphatic rings. The smallest absolute Gasteiger partial charge is 0.337 e. The molecule has 0 aliphatic heterocycles. The first kappa shape index (κ1) is 14.5. The van der Waals surface area contributed by atoms with Crippen LogP contribution in [0.4, 0.5) is 0 Å². The van der Waals surface area contributed by atoms with E-state index in [2.05, 4.69) is 15.0 Å². The molecule has 1 heterocycles. The maximum atomic E-state index is 11.5. The van der Waals surface area contributed by atoms with Gasteiger partial charge in [-0.1, -0.05) is 6.07 Å². The lowest BCUT2D eigenvalue weighted by molar-refractivity contribution is 0.0211. The summed E-state index contributed by atoms with van der Waals surface area (Å²) in [6.07, 6.45) is -0.269. The summed E-state index contributed by atoms with van der Waals surface area (Å²) in [6, 6.07) is 5.01. The number of H-pyrrole nitrogens is 1. The van der Waals surface area contributed by atoms with Gasteiger partial charge in [-0.3, -0.25) is 0 Å². The standard InChI is InChI=1S/C14H18N2O4/c1-15-7-12(17)13(18)10-6-16-11-5-8(14(19)20-2)3-4-9(10)11/h3-6,12-13,15-18H,7H2,1-2H3. The molecule has 6 heteroatoms. The van der Waals surface area contributed by atoms with Crippen molar-refractivity contribution >= 4 is 16.9 Å². The summed E-state index contributed by atoms with van der Waals surface area (Å²) in [6.45, 7) is 0.286. The van der Waals surface area contributed by atoms with Gasteiger partial charge in [0.15, 0.2) is 0 Å². The van der Waals surface area contributed by atoms with Crippen LogP contribution in [0, 0.1) is 0 Å². The lowest BCUT2D eigenvalue weighted by Gasteiger charge is -2.16. The molecule has 1 aromatic carbocycles. The Hall–Kier alpha value is -1.89. The molecule has 0 saturated carbocycles. The van der Waals surface area contributed by atoms with Crippen molar-refractivity contribution in [3.05, 3.63) is 35.5 Å². The molecule has 2 atom stereocenters. The molecule has 0 saturated heterocycles. The third-order valence-corrected chi connectivity index (χ3v) is 3.23. The first-order valence-electron chi connectivity index (χ1n) is 6.28. The van der Waals surface area contributed by atoms with Crippen molar-refractivity contribution in [3.63, 3.8) is 0 Å². The number of hydrogen-bond acceptors (Lipinski definition) is 5. The molecule has 2 unspecified atom stereocenters. The van der Waals surface area contributed by atoms with Crippen molar-refractivity contribution in [3.8, 4) is 0 Å². The van der Waals surface area contributed by atoms with Gasteiger partial charge >= 0.3 is 5.97 Å². The van der Waals surface area contributed by atoms with Gasteiger partial charge in [-0.05, 0) is 19.2 Å². The van der Waals surface area contributed by atoms with E-state index >= 15 is 0 Å². The van der Waals surface area contributed by atoms with Crippen LogP contribution in [0.2, 0.25) is 0 Å². The van der Waals surface area contributed by atoms with Crippen molar-refractivity contribution in [2.45, 2.75) is 12.2 Å². The number of ether oxygens (including phenoxy) is 1. The van der Waals surface area contributed by atoms with Crippen LogP contribution in [0.1, 0.15) is 22.0 Å². The van der Waals surface area contributed by atoms with E-state index in [1.807, 2.05) is 0 Å². The summed E-state index contributed by atoms with van der Waals surface area (Å²) in [5.74, 6) is -0.418. The van der Waals surface area contributed by atoms with E-state index in [1.54, 1.807) is 31.4 Å². The topological polar surface area (TPSA) is 94.6 Å². The number of carbonyl (C=O) groups excluding carboxylic acids is 1. The number of esters is 1. The first-order chi connectivity index (χ1) is 9.58. The molecule has 4 N–H and O–H groups in total. The van der Waals surface area contributed by atoms with Crippen molar-refractivity contribution in [1.82, 2.24) is 10.3 Å². The first-order valence-corrected chi connectivity index (χ1v) is 6.28. The van der Waals surface area contributed by atoms with Crippen LogP contribution in [-0.2, 0) is 4.74 Å². The van der Waals surface area contributed by atoms with E-state index in [4.69, 9.17) is 0 Å². The van der Waals surface area contributed by atoms with Gasteiger partial charge in [0.2, 0.25) is 0 Å². The lowest BCUT2D eigenvalue weighted by Crippen LogP contribution is -2.29. The molecular formula is C14H18N2O4. The summed E-state index contributed by atoms with van der Waals surface area (Å²) in [5, 5.41) is 23.5. The van der Waals surface area contributed by atoms with Gasteiger partial charge in [0, 0.05) is 29.2 Å². The van der Waals surface area contributed by atoms with Gasteiger partial charge in [0.1, 0.15) is 6.10 Å². The summed E-state index contributed by atoms with van der Waals surface area (Å²) < 4.78 is 4.66. The zero-order chi connectivity index (χ0) is 14.7. The second-order valence-electron chi connectivity index (χ2n) is 4.57. The van der Waals surface area contributed by atoms with Crippen molar-refractivity contribution in [1.29, 1.82) is 0 Å². The number of fused-ring (bicyclic) bond motifs is 1. The summed E-state index contributed by atoms with van der Waals surface area (Å²) in [4.78, 5) is 14.4. The number of rotatable bonds is 5. The van der Waals surface area contributed by atoms with Crippen LogP contribution < -0.4 is 5.32 Å². The minimum atomic E-state index is -1.000. The molecule has 0 radical (unpaired) electrons. The Kier molecular flexibility index (Phi) is 4.39.